The number of hydrogen-bond acceptors (Lipinski definition) is 5. The van der Waals surface area contributed by atoms with E-state index < -0.39 is 11.3 Å². The molecule has 0 radical (unpaired) electrons. The number of benzene rings is 1. The quantitative estimate of drug-likeness (QED) is 0.803. The summed E-state index contributed by atoms with van der Waals surface area (Å²) in [5.74, 6) is -0.526. The zero-order valence-electron chi connectivity index (χ0n) is 9.75. The van der Waals surface area contributed by atoms with Gasteiger partial charge in [0.2, 0.25) is 0 Å². The van der Waals surface area contributed by atoms with E-state index in [0.717, 1.165) is 5.56 Å². The average molecular weight is 267 g/mol. The fourth-order valence-electron chi connectivity index (χ4n) is 1.78. The zero-order chi connectivity index (χ0) is 13.1. The predicted octanol–water partition coefficient (Wildman–Crippen LogP) is 1.26. The maximum Gasteiger partial charge on any atom is 0.337 e. The molecule has 0 spiro atoms. The molecule has 0 saturated carbocycles. The third-order valence-electron chi connectivity index (χ3n) is 2.74. The van der Waals surface area contributed by atoms with Gasteiger partial charge in [0.25, 0.3) is 0 Å². The highest BCUT2D eigenvalue weighted by Gasteiger charge is 2.30. The van der Waals surface area contributed by atoms with Crippen LogP contribution in [0, 0.1) is 0 Å². The van der Waals surface area contributed by atoms with Crippen molar-refractivity contribution in [3.63, 3.8) is 0 Å². The summed E-state index contributed by atoms with van der Waals surface area (Å²) in [6.07, 6.45) is 0. The van der Waals surface area contributed by atoms with Crippen molar-refractivity contribution in [1.29, 1.82) is 0 Å². The molecule has 96 valence electrons. The molecule has 1 aliphatic rings. The van der Waals surface area contributed by atoms with Crippen molar-refractivity contribution in [2.45, 2.75) is 11.4 Å². The van der Waals surface area contributed by atoms with Crippen LogP contribution in [0.1, 0.15) is 22.0 Å². The van der Waals surface area contributed by atoms with E-state index in [4.69, 9.17) is 5.11 Å². The number of methoxy groups -OCH3 is 1. The number of nitrogens with one attached hydrogen (secondary N) is 1. The van der Waals surface area contributed by atoms with Gasteiger partial charge in [-0.2, -0.15) is 0 Å². The number of esters is 1. The van der Waals surface area contributed by atoms with E-state index in [1.807, 2.05) is 12.1 Å². The molecule has 1 aliphatic heterocycles. The Morgan fingerprint density at radius 1 is 1.39 bits per heavy atom. The van der Waals surface area contributed by atoms with E-state index in [2.05, 4.69) is 10.1 Å². The van der Waals surface area contributed by atoms with Gasteiger partial charge < -0.3 is 9.84 Å². The van der Waals surface area contributed by atoms with Crippen molar-refractivity contribution in [1.82, 2.24) is 5.32 Å². The molecule has 5 nitrogen and oxygen atoms in total. The summed E-state index contributed by atoms with van der Waals surface area (Å²) in [7, 11) is 1.34. The van der Waals surface area contributed by atoms with Gasteiger partial charge in [-0.25, -0.2) is 9.59 Å². The highest BCUT2D eigenvalue weighted by molar-refractivity contribution is 8.00. The molecule has 0 aromatic heterocycles. The molecule has 1 heterocycles. The SMILES string of the molecule is COC(=O)c1ccc(C2CSC(C(=O)O)N2)cc1. The Morgan fingerprint density at radius 2 is 2.06 bits per heavy atom. The normalized spacial score (nSPS) is 22.7. The second-order valence-corrected chi connectivity index (χ2v) is 5.02. The van der Waals surface area contributed by atoms with Crippen LogP contribution >= 0.6 is 11.8 Å². The molecule has 1 fully saturated rings. The summed E-state index contributed by atoms with van der Waals surface area (Å²) in [5, 5.41) is 11.3. The van der Waals surface area contributed by atoms with Gasteiger partial charge in [0.15, 0.2) is 5.37 Å². The number of carboxylic acid groups (broad SMARTS) is 1. The monoisotopic (exact) mass is 267 g/mol. The molecule has 0 aliphatic carbocycles. The maximum absolute atomic E-state index is 11.3. The lowest BCUT2D eigenvalue weighted by Gasteiger charge is -2.11. The topological polar surface area (TPSA) is 75.6 Å². The first-order chi connectivity index (χ1) is 8.61. The lowest BCUT2D eigenvalue weighted by Crippen LogP contribution is -2.30. The first-order valence-electron chi connectivity index (χ1n) is 5.40. The number of carbonyl (C=O) groups excluding carboxylic acids is 1. The van der Waals surface area contributed by atoms with Gasteiger partial charge in [-0.3, -0.25) is 5.32 Å². The second-order valence-electron chi connectivity index (χ2n) is 3.88. The minimum Gasteiger partial charge on any atom is -0.479 e. The molecule has 1 aromatic carbocycles. The first-order valence-corrected chi connectivity index (χ1v) is 6.45. The Labute approximate surface area is 109 Å². The van der Waals surface area contributed by atoms with Crippen molar-refractivity contribution in [2.75, 3.05) is 12.9 Å². The van der Waals surface area contributed by atoms with E-state index in [-0.39, 0.29) is 12.0 Å². The van der Waals surface area contributed by atoms with Gasteiger partial charge in [0, 0.05) is 11.8 Å². The number of thioether (sulfide) groups is 1. The van der Waals surface area contributed by atoms with Crippen LogP contribution in [-0.4, -0.2) is 35.3 Å². The average Bonchev–Trinajstić information content (AvgIpc) is 2.88. The Hall–Kier alpha value is -1.53. The molecule has 1 saturated heterocycles. The van der Waals surface area contributed by atoms with E-state index in [1.165, 1.54) is 18.9 Å². The molecule has 2 unspecified atom stereocenters. The predicted molar refractivity (Wildman–Crippen MR) is 67.5 cm³/mol. The number of hydrogen-bond donors (Lipinski definition) is 2. The third-order valence-corrected chi connectivity index (χ3v) is 3.94. The molecule has 1 aromatic rings. The lowest BCUT2D eigenvalue weighted by atomic mass is 10.1. The number of ether oxygens (including phenoxy) is 1. The summed E-state index contributed by atoms with van der Waals surface area (Å²) < 4.78 is 4.61. The number of carbonyl (C=O) groups is 2. The van der Waals surface area contributed by atoms with E-state index in [0.29, 0.717) is 11.3 Å². The lowest BCUT2D eigenvalue weighted by molar-refractivity contribution is -0.137. The molecule has 2 atom stereocenters. The Kier molecular flexibility index (Phi) is 3.88. The summed E-state index contributed by atoms with van der Waals surface area (Å²) in [6.45, 7) is 0. The van der Waals surface area contributed by atoms with Crippen molar-refractivity contribution in [3.05, 3.63) is 35.4 Å². The standard InChI is InChI=1S/C12H13NO4S/c1-17-12(16)8-4-2-7(3-5-8)9-6-18-10(13-9)11(14)15/h2-5,9-10,13H,6H2,1H3,(H,14,15). The van der Waals surface area contributed by atoms with Gasteiger partial charge in [0.1, 0.15) is 0 Å². The van der Waals surface area contributed by atoms with Crippen LogP contribution in [0.2, 0.25) is 0 Å². The van der Waals surface area contributed by atoms with Crippen LogP contribution in [0.4, 0.5) is 0 Å². The van der Waals surface area contributed by atoms with Crippen molar-refractivity contribution in [3.8, 4) is 0 Å². The van der Waals surface area contributed by atoms with Crippen LogP contribution in [0.3, 0.4) is 0 Å². The van der Waals surface area contributed by atoms with Crippen LogP contribution in [-0.2, 0) is 9.53 Å². The first kappa shape index (κ1) is 12.9. The number of rotatable bonds is 3. The van der Waals surface area contributed by atoms with E-state index in [1.54, 1.807) is 12.1 Å². The van der Waals surface area contributed by atoms with Gasteiger partial charge >= 0.3 is 11.9 Å². The molecule has 2 rings (SSSR count). The van der Waals surface area contributed by atoms with Crippen LogP contribution in [0.25, 0.3) is 0 Å². The number of carboxylic acids is 1. The van der Waals surface area contributed by atoms with Crippen molar-refractivity contribution in [2.24, 2.45) is 0 Å². The van der Waals surface area contributed by atoms with E-state index >= 15 is 0 Å². The highest BCUT2D eigenvalue weighted by atomic mass is 32.2. The molecular weight excluding hydrogens is 254 g/mol. The van der Waals surface area contributed by atoms with Gasteiger partial charge in [-0.1, -0.05) is 12.1 Å². The van der Waals surface area contributed by atoms with Gasteiger partial charge in [0.05, 0.1) is 12.7 Å². The Bertz CT molecular complexity index is 460. The number of aliphatic carboxylic acids is 1. The maximum atomic E-state index is 11.3. The van der Waals surface area contributed by atoms with Crippen molar-refractivity contribution >= 4 is 23.7 Å². The fraction of sp³-hybridized carbons (Fsp3) is 0.333. The Balaban J connectivity index is 2.07. The van der Waals surface area contributed by atoms with Gasteiger partial charge in [-0.15, -0.1) is 11.8 Å². The van der Waals surface area contributed by atoms with Gasteiger partial charge in [-0.05, 0) is 17.7 Å². The molecule has 18 heavy (non-hydrogen) atoms. The van der Waals surface area contributed by atoms with Crippen LogP contribution in [0.5, 0.6) is 0 Å². The molecular formula is C12H13NO4S. The zero-order valence-corrected chi connectivity index (χ0v) is 10.6. The molecule has 6 heteroatoms. The van der Waals surface area contributed by atoms with E-state index in [9.17, 15) is 9.59 Å². The molecule has 0 amide bonds. The molecule has 0 bridgehead atoms. The molecule has 2 N–H and O–H groups in total. The third kappa shape index (κ3) is 2.65. The highest BCUT2D eigenvalue weighted by Crippen LogP contribution is 2.29. The van der Waals surface area contributed by atoms with Crippen molar-refractivity contribution < 1.29 is 19.4 Å². The minimum atomic E-state index is -0.853. The summed E-state index contributed by atoms with van der Waals surface area (Å²) in [4.78, 5) is 22.1. The fourth-order valence-corrected chi connectivity index (χ4v) is 2.85. The largest absolute Gasteiger partial charge is 0.479 e. The summed E-state index contributed by atoms with van der Waals surface area (Å²) in [6, 6.07) is 7.00. The Morgan fingerprint density at radius 3 is 2.56 bits per heavy atom. The van der Waals surface area contributed by atoms with Crippen LogP contribution in [0.15, 0.2) is 24.3 Å². The summed E-state index contributed by atoms with van der Waals surface area (Å²) in [5.41, 5.74) is 1.46. The van der Waals surface area contributed by atoms with Crippen LogP contribution < -0.4 is 5.32 Å². The minimum absolute atomic E-state index is 0.00259. The second kappa shape index (κ2) is 5.41. The summed E-state index contributed by atoms with van der Waals surface area (Å²) >= 11 is 1.37. The smallest absolute Gasteiger partial charge is 0.337 e.